The zero-order valence-corrected chi connectivity index (χ0v) is 17.8. The van der Waals surface area contributed by atoms with Gasteiger partial charge < -0.3 is 10.6 Å². The highest BCUT2D eigenvalue weighted by atomic mass is 19.1. The van der Waals surface area contributed by atoms with Crippen molar-refractivity contribution in [2.45, 2.75) is 24.9 Å². The van der Waals surface area contributed by atoms with E-state index in [0.717, 1.165) is 53.9 Å². The molecule has 0 amide bonds. The van der Waals surface area contributed by atoms with Gasteiger partial charge in [0.05, 0.1) is 17.9 Å². The van der Waals surface area contributed by atoms with E-state index < -0.39 is 0 Å². The zero-order valence-electron chi connectivity index (χ0n) is 17.8. The van der Waals surface area contributed by atoms with Crippen LogP contribution in [0.5, 0.6) is 0 Å². The molecule has 0 aliphatic carbocycles. The lowest BCUT2D eigenvalue weighted by Gasteiger charge is -2.29. The molecule has 162 valence electrons. The normalized spacial score (nSPS) is 15.5. The second-order valence-electron chi connectivity index (χ2n) is 8.17. The van der Waals surface area contributed by atoms with Crippen molar-refractivity contribution in [3.63, 3.8) is 0 Å². The van der Waals surface area contributed by atoms with Gasteiger partial charge in [-0.15, -0.1) is 0 Å². The van der Waals surface area contributed by atoms with Crippen molar-refractivity contribution in [2.75, 3.05) is 13.1 Å². The van der Waals surface area contributed by atoms with Crippen LogP contribution in [-0.4, -0.2) is 34.3 Å². The summed E-state index contributed by atoms with van der Waals surface area (Å²) in [5.41, 5.74) is 5.09. The number of hydrogen-bond acceptors (Lipinski definition) is 4. The number of hydrogen-bond donors (Lipinski definition) is 3. The zero-order chi connectivity index (χ0) is 21.8. The molecule has 0 bridgehead atoms. The number of halogens is 1. The third-order valence-corrected chi connectivity index (χ3v) is 6.05. The van der Waals surface area contributed by atoms with E-state index in [1.54, 1.807) is 6.07 Å². The van der Waals surface area contributed by atoms with E-state index in [1.807, 2.05) is 61.1 Å². The number of aromatic nitrogens is 3. The Morgan fingerprint density at radius 3 is 2.44 bits per heavy atom. The molecule has 0 spiro atoms. The molecule has 5 rings (SSSR count). The van der Waals surface area contributed by atoms with E-state index in [-0.39, 0.29) is 11.9 Å². The molecule has 4 aromatic rings. The highest BCUT2D eigenvalue weighted by Gasteiger charge is 2.23. The number of pyridine rings is 1. The summed E-state index contributed by atoms with van der Waals surface area (Å²) in [6.45, 7) is 2.00. The van der Waals surface area contributed by atoms with Crippen molar-refractivity contribution in [3.05, 3.63) is 96.2 Å². The Morgan fingerprint density at radius 2 is 1.69 bits per heavy atom. The molecule has 1 saturated heterocycles. The quantitative estimate of drug-likeness (QED) is 0.417. The van der Waals surface area contributed by atoms with Gasteiger partial charge in [0.25, 0.3) is 0 Å². The molecule has 1 unspecified atom stereocenters. The number of nitrogens with zero attached hydrogens (tertiary/aromatic N) is 2. The van der Waals surface area contributed by atoms with Gasteiger partial charge in [0.2, 0.25) is 0 Å². The van der Waals surface area contributed by atoms with Gasteiger partial charge in [-0.05, 0) is 43.6 Å². The van der Waals surface area contributed by atoms with E-state index in [1.165, 1.54) is 6.07 Å². The average molecular weight is 428 g/mol. The van der Waals surface area contributed by atoms with Gasteiger partial charge in [0.15, 0.2) is 0 Å². The third-order valence-electron chi connectivity index (χ3n) is 6.05. The van der Waals surface area contributed by atoms with E-state index in [9.17, 15) is 4.39 Å². The molecule has 0 saturated carbocycles. The van der Waals surface area contributed by atoms with E-state index in [2.05, 4.69) is 26.9 Å². The lowest BCUT2D eigenvalue weighted by molar-refractivity contribution is 0.367. The SMILES string of the molecule is Fc1ccccc1-c1cc(C(NC2CCNCC2)c2cn[nH]c2)cnc1-c1ccccc1. The Labute approximate surface area is 187 Å². The van der Waals surface area contributed by atoms with Crippen LogP contribution in [0.3, 0.4) is 0 Å². The molecule has 1 fully saturated rings. The number of nitrogens with one attached hydrogen (secondary N) is 3. The molecule has 1 aliphatic rings. The lowest BCUT2D eigenvalue weighted by atomic mass is 9.93. The Balaban J connectivity index is 1.61. The number of H-pyrrole nitrogens is 1. The second kappa shape index (κ2) is 9.42. The Hall–Kier alpha value is -3.35. The number of benzene rings is 2. The maximum atomic E-state index is 14.9. The van der Waals surface area contributed by atoms with Crippen molar-refractivity contribution in [2.24, 2.45) is 0 Å². The maximum absolute atomic E-state index is 14.9. The summed E-state index contributed by atoms with van der Waals surface area (Å²) in [5.74, 6) is -0.255. The predicted molar refractivity (Wildman–Crippen MR) is 125 cm³/mol. The first-order valence-electron chi connectivity index (χ1n) is 11.1. The molecule has 1 aliphatic heterocycles. The van der Waals surface area contributed by atoms with Crippen molar-refractivity contribution in [1.82, 2.24) is 25.8 Å². The van der Waals surface area contributed by atoms with Crippen LogP contribution in [0.2, 0.25) is 0 Å². The minimum Gasteiger partial charge on any atom is -0.317 e. The van der Waals surface area contributed by atoms with Crippen molar-refractivity contribution in [1.29, 1.82) is 0 Å². The highest BCUT2D eigenvalue weighted by molar-refractivity contribution is 5.81. The minimum absolute atomic E-state index is 0.0836. The molecule has 3 heterocycles. The van der Waals surface area contributed by atoms with Crippen LogP contribution in [-0.2, 0) is 0 Å². The molecule has 3 N–H and O–H groups in total. The molecule has 5 nitrogen and oxygen atoms in total. The largest absolute Gasteiger partial charge is 0.317 e. The second-order valence-corrected chi connectivity index (χ2v) is 8.17. The molecular weight excluding hydrogens is 401 g/mol. The van der Waals surface area contributed by atoms with Crippen LogP contribution >= 0.6 is 0 Å². The summed E-state index contributed by atoms with van der Waals surface area (Å²) in [7, 11) is 0. The van der Waals surface area contributed by atoms with Crippen molar-refractivity contribution >= 4 is 0 Å². The van der Waals surface area contributed by atoms with Gasteiger partial charge in [-0.25, -0.2) is 4.39 Å². The monoisotopic (exact) mass is 427 g/mol. The van der Waals surface area contributed by atoms with E-state index in [0.29, 0.717) is 11.6 Å². The van der Waals surface area contributed by atoms with Crippen molar-refractivity contribution in [3.8, 4) is 22.4 Å². The number of aromatic amines is 1. The van der Waals surface area contributed by atoms with Crippen LogP contribution in [0.25, 0.3) is 22.4 Å². The molecule has 1 atom stereocenters. The van der Waals surface area contributed by atoms with E-state index in [4.69, 9.17) is 4.98 Å². The smallest absolute Gasteiger partial charge is 0.131 e. The Kier molecular flexibility index (Phi) is 6.05. The van der Waals surface area contributed by atoms with Gasteiger partial charge in [-0.1, -0.05) is 48.5 Å². The predicted octanol–water partition coefficient (Wildman–Crippen LogP) is 4.71. The third kappa shape index (κ3) is 4.33. The molecule has 0 radical (unpaired) electrons. The first-order valence-corrected chi connectivity index (χ1v) is 11.1. The Bertz CT molecular complexity index is 1150. The fourth-order valence-corrected chi connectivity index (χ4v) is 4.38. The van der Waals surface area contributed by atoms with Gasteiger partial charge >= 0.3 is 0 Å². The highest BCUT2D eigenvalue weighted by Crippen LogP contribution is 2.35. The first kappa shape index (κ1) is 20.5. The van der Waals surface area contributed by atoms with Crippen LogP contribution in [0.15, 0.2) is 79.3 Å². The van der Waals surface area contributed by atoms with Crippen LogP contribution in [0, 0.1) is 5.82 Å². The van der Waals surface area contributed by atoms with E-state index >= 15 is 0 Å². The summed E-state index contributed by atoms with van der Waals surface area (Å²) < 4.78 is 14.9. The van der Waals surface area contributed by atoms with Crippen LogP contribution in [0.1, 0.15) is 30.0 Å². The average Bonchev–Trinajstić information content (AvgIpc) is 3.38. The molecule has 32 heavy (non-hydrogen) atoms. The Morgan fingerprint density at radius 1 is 0.906 bits per heavy atom. The van der Waals surface area contributed by atoms with Crippen molar-refractivity contribution < 1.29 is 4.39 Å². The fourth-order valence-electron chi connectivity index (χ4n) is 4.38. The topological polar surface area (TPSA) is 65.6 Å². The minimum atomic E-state index is -0.255. The molecule has 2 aromatic heterocycles. The standard InChI is InChI=1S/C26H26FN5/c27-24-9-5-4-8-22(24)23-14-19(15-29-26(23)18-6-2-1-3-7-18)25(20-16-30-31-17-20)32-21-10-12-28-13-11-21/h1-9,14-17,21,25,28,32H,10-13H2,(H,30,31). The summed E-state index contributed by atoms with van der Waals surface area (Å²) >= 11 is 0. The fraction of sp³-hybridized carbons (Fsp3) is 0.231. The van der Waals surface area contributed by atoms with Gasteiger partial charge in [0.1, 0.15) is 5.82 Å². The molecule has 2 aromatic carbocycles. The summed E-state index contributed by atoms with van der Waals surface area (Å²) in [4.78, 5) is 4.84. The van der Waals surface area contributed by atoms with Crippen LogP contribution in [0.4, 0.5) is 4.39 Å². The number of rotatable bonds is 6. The molecular formula is C26H26FN5. The van der Waals surface area contributed by atoms with Gasteiger partial charge in [-0.3, -0.25) is 10.1 Å². The summed E-state index contributed by atoms with van der Waals surface area (Å²) in [5, 5.41) is 14.3. The van der Waals surface area contributed by atoms with Gasteiger partial charge in [0, 0.05) is 40.7 Å². The number of piperidine rings is 1. The first-order chi connectivity index (χ1) is 15.8. The summed E-state index contributed by atoms with van der Waals surface area (Å²) in [6, 6.07) is 19.2. The van der Waals surface area contributed by atoms with Gasteiger partial charge in [-0.2, -0.15) is 5.10 Å². The maximum Gasteiger partial charge on any atom is 0.131 e. The lowest BCUT2D eigenvalue weighted by Crippen LogP contribution is -2.41. The molecule has 6 heteroatoms. The summed E-state index contributed by atoms with van der Waals surface area (Å²) in [6.07, 6.45) is 7.77. The van der Waals surface area contributed by atoms with Crippen LogP contribution < -0.4 is 10.6 Å².